The molecule has 15 heteroatoms. The van der Waals surface area contributed by atoms with E-state index in [-0.39, 0.29) is 30.8 Å². The zero-order valence-electron chi connectivity index (χ0n) is 24.9. The number of likely N-dealkylation sites (N-methyl/N-ethyl adjacent to an activating group) is 1. The molecule has 0 bridgehead atoms. The van der Waals surface area contributed by atoms with Crippen LogP contribution in [0.4, 0.5) is 10.1 Å². The first-order valence-electron chi connectivity index (χ1n) is 13.9. The third-order valence-electron chi connectivity index (χ3n) is 7.30. The number of benzene rings is 2. The summed E-state index contributed by atoms with van der Waals surface area (Å²) in [6, 6.07) is 5.19. The van der Waals surface area contributed by atoms with Crippen LogP contribution in [0, 0.1) is 31.0 Å². The van der Waals surface area contributed by atoms with E-state index in [9.17, 15) is 39.0 Å². The average Bonchev–Trinajstić information content (AvgIpc) is 2.98. The first-order valence-corrected chi connectivity index (χ1v) is 13.9. The number of nitrogens with two attached hydrogens (primary N) is 1. The van der Waals surface area contributed by atoms with Gasteiger partial charge in [-0.05, 0) is 55.7 Å². The molecule has 1 unspecified atom stereocenters. The van der Waals surface area contributed by atoms with Gasteiger partial charge in [0.1, 0.15) is 23.6 Å². The highest BCUT2D eigenvalue weighted by Gasteiger charge is 2.38. The zero-order valence-corrected chi connectivity index (χ0v) is 24.9. The summed E-state index contributed by atoms with van der Waals surface area (Å²) < 4.78 is 15.4. The number of carbonyl (C=O) groups is 5. The number of carboxylic acids is 3. The number of ketones is 1. The van der Waals surface area contributed by atoms with Crippen molar-refractivity contribution in [3.8, 4) is 12.3 Å². The molecule has 2 aromatic carbocycles. The quantitative estimate of drug-likeness (QED) is 0.118. The van der Waals surface area contributed by atoms with Crippen LogP contribution in [0.25, 0.3) is 10.9 Å². The van der Waals surface area contributed by atoms with Gasteiger partial charge in [-0.3, -0.25) is 24.0 Å². The predicted molar refractivity (Wildman–Crippen MR) is 162 cm³/mol. The SMILES string of the molecule is C#CCN(Cc1ccc2nc(C)[nH]c(=O)c2c1)c1ccc(C(=O)N(C)[C@@H](CC(C(=O)O)C(=O)[C@@H](N)CCC(=O)O)C(=O)O)c(F)c1. The van der Waals surface area contributed by atoms with Gasteiger partial charge in [0.25, 0.3) is 11.5 Å². The Balaban J connectivity index is 1.84. The average molecular weight is 638 g/mol. The van der Waals surface area contributed by atoms with E-state index < -0.39 is 71.8 Å². The lowest BCUT2D eigenvalue weighted by Crippen LogP contribution is -2.48. The number of aliphatic carboxylic acids is 3. The largest absolute Gasteiger partial charge is 0.481 e. The Morgan fingerprint density at radius 3 is 2.37 bits per heavy atom. The van der Waals surface area contributed by atoms with Crippen molar-refractivity contribution in [2.45, 2.75) is 44.8 Å². The molecule has 46 heavy (non-hydrogen) atoms. The van der Waals surface area contributed by atoms with Crippen molar-refractivity contribution >= 4 is 46.2 Å². The molecule has 0 aliphatic rings. The fourth-order valence-corrected chi connectivity index (χ4v) is 4.84. The van der Waals surface area contributed by atoms with Gasteiger partial charge in [0.05, 0.1) is 29.1 Å². The normalized spacial score (nSPS) is 12.8. The van der Waals surface area contributed by atoms with Gasteiger partial charge in [-0.15, -0.1) is 6.42 Å². The second-order valence-corrected chi connectivity index (χ2v) is 10.6. The van der Waals surface area contributed by atoms with Crippen molar-refractivity contribution in [3.63, 3.8) is 0 Å². The van der Waals surface area contributed by atoms with Gasteiger partial charge < -0.3 is 35.8 Å². The first kappa shape index (κ1) is 34.9. The van der Waals surface area contributed by atoms with Crippen molar-refractivity contribution in [2.24, 2.45) is 11.7 Å². The number of rotatable bonds is 15. The summed E-state index contributed by atoms with van der Waals surface area (Å²) in [5.74, 6) is -6.93. The number of anilines is 1. The van der Waals surface area contributed by atoms with E-state index in [0.29, 0.717) is 27.2 Å². The summed E-state index contributed by atoms with van der Waals surface area (Å²) in [7, 11) is 1.02. The predicted octanol–water partition coefficient (Wildman–Crippen LogP) is 1.39. The minimum Gasteiger partial charge on any atom is -0.481 e. The van der Waals surface area contributed by atoms with Crippen LogP contribution in [0.15, 0.2) is 41.2 Å². The van der Waals surface area contributed by atoms with Crippen LogP contribution in [-0.2, 0) is 25.7 Å². The summed E-state index contributed by atoms with van der Waals surface area (Å²) in [5, 5.41) is 28.6. The molecule has 0 saturated heterocycles. The van der Waals surface area contributed by atoms with Crippen molar-refractivity contribution in [1.82, 2.24) is 14.9 Å². The second-order valence-electron chi connectivity index (χ2n) is 10.6. The summed E-state index contributed by atoms with van der Waals surface area (Å²) in [4.78, 5) is 82.1. The zero-order chi connectivity index (χ0) is 34.3. The topological polar surface area (TPSA) is 224 Å². The van der Waals surface area contributed by atoms with Gasteiger partial charge in [-0.25, -0.2) is 14.2 Å². The third-order valence-corrected chi connectivity index (χ3v) is 7.30. The van der Waals surface area contributed by atoms with Crippen molar-refractivity contribution in [2.75, 3.05) is 18.5 Å². The number of Topliss-reactive ketones (excluding diaryl/α,β-unsaturated/α-hetero) is 1. The lowest BCUT2D eigenvalue weighted by atomic mass is 9.89. The number of aromatic nitrogens is 2. The fourth-order valence-electron chi connectivity index (χ4n) is 4.84. The molecule has 1 amide bonds. The van der Waals surface area contributed by atoms with E-state index in [0.717, 1.165) is 19.2 Å². The van der Waals surface area contributed by atoms with Crippen LogP contribution in [0.3, 0.4) is 0 Å². The number of hydrogen-bond donors (Lipinski definition) is 5. The highest BCUT2D eigenvalue weighted by Crippen LogP contribution is 2.24. The summed E-state index contributed by atoms with van der Waals surface area (Å²) >= 11 is 0. The Bertz CT molecular complexity index is 1780. The molecule has 3 aromatic rings. The van der Waals surface area contributed by atoms with Gasteiger partial charge in [-0.2, -0.15) is 0 Å². The Morgan fingerprint density at radius 1 is 1.09 bits per heavy atom. The Morgan fingerprint density at radius 2 is 1.78 bits per heavy atom. The van der Waals surface area contributed by atoms with Crippen LogP contribution in [0.2, 0.25) is 0 Å². The lowest BCUT2D eigenvalue weighted by molar-refractivity contribution is -0.149. The van der Waals surface area contributed by atoms with Gasteiger partial charge in [0.15, 0.2) is 5.78 Å². The molecule has 0 spiro atoms. The molecule has 0 saturated carbocycles. The van der Waals surface area contributed by atoms with E-state index >= 15 is 4.39 Å². The molecule has 0 aliphatic heterocycles. The number of amides is 1. The van der Waals surface area contributed by atoms with E-state index in [2.05, 4.69) is 15.9 Å². The number of carbonyl (C=O) groups excluding carboxylic acids is 2. The van der Waals surface area contributed by atoms with Crippen LogP contribution in [-0.4, -0.2) is 85.5 Å². The van der Waals surface area contributed by atoms with Crippen LogP contribution < -0.4 is 16.2 Å². The van der Waals surface area contributed by atoms with E-state index in [4.69, 9.17) is 17.3 Å². The van der Waals surface area contributed by atoms with Gasteiger partial charge in [0.2, 0.25) is 0 Å². The first-order chi connectivity index (χ1) is 21.6. The lowest BCUT2D eigenvalue weighted by Gasteiger charge is -2.28. The number of carboxylic acid groups (broad SMARTS) is 3. The van der Waals surface area contributed by atoms with E-state index in [1.165, 1.54) is 6.07 Å². The number of aryl methyl sites for hydroxylation is 1. The van der Waals surface area contributed by atoms with Crippen molar-refractivity contribution < 1.29 is 43.7 Å². The number of halogens is 1. The molecule has 0 fully saturated rings. The minimum atomic E-state index is -1.98. The number of nitrogens with zero attached hydrogens (tertiary/aromatic N) is 3. The van der Waals surface area contributed by atoms with Gasteiger partial charge in [-0.1, -0.05) is 12.0 Å². The van der Waals surface area contributed by atoms with Crippen LogP contribution >= 0.6 is 0 Å². The number of aromatic amines is 1. The highest BCUT2D eigenvalue weighted by atomic mass is 19.1. The standard InChI is InChI=1S/C31H32FN5O9/c1-4-11-37(15-17-5-9-24-20(12-17)28(41)35-16(2)34-24)18-6-7-19(22(32)13-18)29(42)36(3)25(31(45)46)14-21(30(43)44)27(40)23(33)8-10-26(38)39/h1,5-7,9,12-13,21,23,25H,8,10-11,14-15,33H2,2-3H3,(H,38,39)(H,43,44)(H,45,46)(H,34,35,41)/t21?,23-,25-/m0/s1. The highest BCUT2D eigenvalue weighted by molar-refractivity contribution is 6.02. The maximum atomic E-state index is 15.4. The van der Waals surface area contributed by atoms with Crippen molar-refractivity contribution in [1.29, 1.82) is 0 Å². The number of terminal acetylenes is 1. The van der Waals surface area contributed by atoms with Crippen molar-refractivity contribution in [3.05, 3.63) is 69.5 Å². The molecule has 1 aromatic heterocycles. The molecule has 0 aliphatic carbocycles. The molecule has 3 atom stereocenters. The number of hydrogen-bond acceptors (Lipinski definition) is 9. The Kier molecular flexibility index (Phi) is 11.3. The fraction of sp³-hybridized carbons (Fsp3) is 0.323. The van der Waals surface area contributed by atoms with Crippen LogP contribution in [0.5, 0.6) is 0 Å². The van der Waals surface area contributed by atoms with Gasteiger partial charge >= 0.3 is 17.9 Å². The molecule has 242 valence electrons. The molecule has 6 N–H and O–H groups in total. The second kappa shape index (κ2) is 14.9. The molecule has 1 heterocycles. The summed E-state index contributed by atoms with van der Waals surface area (Å²) in [6.45, 7) is 1.83. The summed E-state index contributed by atoms with van der Waals surface area (Å²) in [6.07, 6.45) is 3.74. The number of H-pyrrole nitrogens is 1. The third kappa shape index (κ3) is 8.30. The maximum Gasteiger partial charge on any atom is 0.326 e. The van der Waals surface area contributed by atoms with E-state index in [1.54, 1.807) is 30.0 Å². The van der Waals surface area contributed by atoms with Gasteiger partial charge in [0, 0.05) is 25.7 Å². The molecule has 3 rings (SSSR count). The smallest absolute Gasteiger partial charge is 0.326 e. The Labute approximate surface area is 261 Å². The van der Waals surface area contributed by atoms with E-state index in [1.807, 2.05) is 0 Å². The molecular formula is C31H32FN5O9. The van der Waals surface area contributed by atoms with Crippen LogP contribution in [0.1, 0.15) is 41.0 Å². The maximum absolute atomic E-state index is 15.4. The number of nitrogens with one attached hydrogen (secondary N) is 1. The monoisotopic (exact) mass is 637 g/mol. The molecular weight excluding hydrogens is 605 g/mol. The number of fused-ring (bicyclic) bond motifs is 1. The minimum absolute atomic E-state index is 0.0213. The Hall–Kier alpha value is -5.62. The summed E-state index contributed by atoms with van der Waals surface area (Å²) in [5.41, 5.74) is 6.22. The molecule has 0 radical (unpaired) electrons. The molecule has 14 nitrogen and oxygen atoms in total.